The van der Waals surface area contributed by atoms with Crippen LogP contribution in [0.1, 0.15) is 22.3 Å². The van der Waals surface area contributed by atoms with Crippen molar-refractivity contribution in [1.82, 2.24) is 5.32 Å². The summed E-state index contributed by atoms with van der Waals surface area (Å²) >= 11 is 6.43. The Morgan fingerprint density at radius 2 is 1.77 bits per heavy atom. The predicted molar refractivity (Wildman–Crippen MR) is 122 cm³/mol. The lowest BCUT2D eigenvalue weighted by Gasteiger charge is -2.12. The topological polar surface area (TPSA) is 69.6 Å². The summed E-state index contributed by atoms with van der Waals surface area (Å²) in [7, 11) is 0. The van der Waals surface area contributed by atoms with Gasteiger partial charge < -0.3 is 10.2 Å². The molecular weight excluding hydrogens is 398 g/mol. The van der Waals surface area contributed by atoms with E-state index >= 15 is 0 Å². The van der Waals surface area contributed by atoms with Crippen LogP contribution in [0.15, 0.2) is 66.7 Å². The third-order valence-corrected chi connectivity index (χ3v) is 5.33. The highest BCUT2D eigenvalue weighted by atomic mass is 35.5. The number of hydrogen-bond acceptors (Lipinski definition) is 3. The van der Waals surface area contributed by atoms with Gasteiger partial charge in [0.2, 0.25) is 0 Å². The molecular formula is C25H24ClNO3. The Bertz CT molecular complexity index is 1050. The maximum absolute atomic E-state index is 11.0. The van der Waals surface area contributed by atoms with E-state index in [1.54, 1.807) is 6.07 Å². The molecule has 3 N–H and O–H groups in total. The van der Waals surface area contributed by atoms with Crippen molar-refractivity contribution in [2.75, 3.05) is 6.61 Å². The third kappa shape index (κ3) is 5.36. The summed E-state index contributed by atoms with van der Waals surface area (Å²) in [6, 6.07) is 21.1. The van der Waals surface area contributed by atoms with Gasteiger partial charge in [-0.15, -0.1) is 0 Å². The minimum Gasteiger partial charge on any atom is -0.480 e. The van der Waals surface area contributed by atoms with Crippen LogP contribution in [0.25, 0.3) is 23.3 Å². The molecule has 4 nitrogen and oxygen atoms in total. The summed E-state index contributed by atoms with van der Waals surface area (Å²) in [5.41, 5.74) is 6.41. The second-order valence-electron chi connectivity index (χ2n) is 7.03. The van der Waals surface area contributed by atoms with Crippen LogP contribution in [0.2, 0.25) is 5.02 Å². The van der Waals surface area contributed by atoms with Crippen molar-refractivity contribution in [1.29, 1.82) is 0 Å². The summed E-state index contributed by atoms with van der Waals surface area (Å²) in [6.45, 7) is 1.95. The van der Waals surface area contributed by atoms with Crippen LogP contribution < -0.4 is 5.32 Å². The average molecular weight is 422 g/mol. The zero-order chi connectivity index (χ0) is 21.5. The summed E-state index contributed by atoms with van der Waals surface area (Å²) in [5.74, 6) is -1.09. The maximum Gasteiger partial charge on any atom is 0.323 e. The largest absolute Gasteiger partial charge is 0.480 e. The molecule has 0 saturated carbocycles. The lowest BCUT2D eigenvalue weighted by atomic mass is 9.96. The van der Waals surface area contributed by atoms with Crippen LogP contribution in [0.4, 0.5) is 0 Å². The molecule has 0 amide bonds. The number of nitrogens with one attached hydrogen (secondary N) is 1. The molecule has 5 heteroatoms. The van der Waals surface area contributed by atoms with Crippen molar-refractivity contribution >= 4 is 29.7 Å². The fourth-order valence-corrected chi connectivity index (χ4v) is 3.50. The number of benzene rings is 3. The minimum absolute atomic E-state index is 0.305. The van der Waals surface area contributed by atoms with Gasteiger partial charge in [0.05, 0.1) is 6.61 Å². The molecule has 0 saturated heterocycles. The van der Waals surface area contributed by atoms with E-state index in [4.69, 9.17) is 21.8 Å². The van der Waals surface area contributed by atoms with Crippen molar-refractivity contribution in [3.8, 4) is 11.1 Å². The second-order valence-corrected chi connectivity index (χ2v) is 7.44. The number of hydrogen-bond donors (Lipinski definition) is 3. The van der Waals surface area contributed by atoms with Gasteiger partial charge in [0, 0.05) is 11.6 Å². The van der Waals surface area contributed by atoms with Gasteiger partial charge in [0.15, 0.2) is 0 Å². The van der Waals surface area contributed by atoms with Crippen molar-refractivity contribution in [3.63, 3.8) is 0 Å². The van der Waals surface area contributed by atoms with Gasteiger partial charge in [0.1, 0.15) is 6.04 Å². The molecule has 0 unspecified atom stereocenters. The molecule has 0 radical (unpaired) electrons. The van der Waals surface area contributed by atoms with Crippen LogP contribution in [0, 0.1) is 6.92 Å². The molecule has 0 aromatic heterocycles. The SMILES string of the molecule is Cc1c(/C=C/c2ccc(CN[C@@H](CO)C(=O)O)cc2Cl)cccc1-c1ccccc1. The Kier molecular flexibility index (Phi) is 7.41. The number of carbonyl (C=O) groups is 1. The molecule has 0 spiro atoms. The molecule has 0 fully saturated rings. The highest BCUT2D eigenvalue weighted by Crippen LogP contribution is 2.27. The van der Waals surface area contributed by atoms with Crippen molar-refractivity contribution in [2.24, 2.45) is 0 Å². The van der Waals surface area contributed by atoms with Crippen LogP contribution in [-0.4, -0.2) is 28.8 Å². The lowest BCUT2D eigenvalue weighted by Crippen LogP contribution is -2.39. The Balaban J connectivity index is 1.76. The van der Waals surface area contributed by atoms with E-state index in [0.717, 1.165) is 16.7 Å². The number of halogens is 1. The molecule has 0 aliphatic heterocycles. The average Bonchev–Trinajstić information content (AvgIpc) is 2.75. The van der Waals surface area contributed by atoms with E-state index in [0.29, 0.717) is 11.6 Å². The van der Waals surface area contributed by atoms with Crippen LogP contribution >= 0.6 is 11.6 Å². The molecule has 1 atom stereocenters. The maximum atomic E-state index is 11.0. The molecule has 3 aromatic carbocycles. The number of rotatable bonds is 8. The fraction of sp³-hybridized carbons (Fsp3) is 0.160. The van der Waals surface area contributed by atoms with Crippen molar-refractivity contribution < 1.29 is 15.0 Å². The second kappa shape index (κ2) is 10.2. The first-order valence-electron chi connectivity index (χ1n) is 9.68. The summed E-state index contributed by atoms with van der Waals surface area (Å²) < 4.78 is 0. The Labute approximate surface area is 181 Å². The number of carboxylic acids is 1. The van der Waals surface area contributed by atoms with E-state index in [1.165, 1.54) is 16.7 Å². The molecule has 0 heterocycles. The highest BCUT2D eigenvalue weighted by Gasteiger charge is 2.15. The zero-order valence-electron chi connectivity index (χ0n) is 16.7. The Hall–Kier alpha value is -2.92. The molecule has 0 aliphatic rings. The van der Waals surface area contributed by atoms with Gasteiger partial charge in [-0.25, -0.2) is 0 Å². The van der Waals surface area contributed by atoms with Gasteiger partial charge >= 0.3 is 5.97 Å². The number of aliphatic hydroxyl groups is 1. The summed E-state index contributed by atoms with van der Waals surface area (Å²) in [4.78, 5) is 11.0. The van der Waals surface area contributed by atoms with Gasteiger partial charge in [-0.05, 0) is 46.4 Å². The van der Waals surface area contributed by atoms with Crippen molar-refractivity contribution in [3.05, 3.63) is 94.0 Å². The standard InChI is InChI=1S/C25H24ClNO3/c1-17-19(8-5-9-22(17)20-6-3-2-4-7-20)12-13-21-11-10-18(14-23(21)26)15-27-24(16-28)25(29)30/h2-14,24,27-28H,15-16H2,1H3,(H,29,30)/b13-12+/t24-/m0/s1. The van der Waals surface area contributed by atoms with E-state index in [1.807, 2.05) is 48.6 Å². The lowest BCUT2D eigenvalue weighted by molar-refractivity contribution is -0.140. The smallest absolute Gasteiger partial charge is 0.323 e. The number of carboxylic acid groups (broad SMARTS) is 1. The molecule has 0 aliphatic carbocycles. The first kappa shape index (κ1) is 21.8. The normalized spacial score (nSPS) is 12.2. The van der Waals surface area contributed by atoms with Crippen molar-refractivity contribution in [2.45, 2.75) is 19.5 Å². The fourth-order valence-electron chi connectivity index (χ4n) is 3.23. The molecule has 30 heavy (non-hydrogen) atoms. The monoisotopic (exact) mass is 421 g/mol. The molecule has 154 valence electrons. The quantitative estimate of drug-likeness (QED) is 0.446. The van der Waals surface area contributed by atoms with E-state index in [9.17, 15) is 4.79 Å². The van der Waals surface area contributed by atoms with Gasteiger partial charge in [-0.1, -0.05) is 84.4 Å². The zero-order valence-corrected chi connectivity index (χ0v) is 17.4. The first-order valence-corrected chi connectivity index (χ1v) is 10.1. The molecule has 0 bridgehead atoms. The number of aliphatic hydroxyl groups excluding tert-OH is 1. The predicted octanol–water partition coefficient (Wildman–Crippen LogP) is 5.02. The van der Waals surface area contributed by atoms with E-state index in [2.05, 4.69) is 36.5 Å². The Morgan fingerprint density at radius 3 is 2.43 bits per heavy atom. The van der Waals surface area contributed by atoms with E-state index in [-0.39, 0.29) is 0 Å². The van der Waals surface area contributed by atoms with E-state index < -0.39 is 18.6 Å². The molecule has 3 rings (SSSR count). The minimum atomic E-state index is -1.09. The highest BCUT2D eigenvalue weighted by molar-refractivity contribution is 6.32. The number of aliphatic carboxylic acids is 1. The van der Waals surface area contributed by atoms with Gasteiger partial charge in [-0.3, -0.25) is 10.1 Å². The first-order chi connectivity index (χ1) is 14.5. The summed E-state index contributed by atoms with van der Waals surface area (Å²) in [5, 5.41) is 21.4. The Morgan fingerprint density at radius 1 is 1.03 bits per heavy atom. The third-order valence-electron chi connectivity index (χ3n) is 5.00. The molecule has 3 aromatic rings. The summed E-state index contributed by atoms with van der Waals surface area (Å²) in [6.07, 6.45) is 4.03. The van der Waals surface area contributed by atoms with Crippen LogP contribution in [0.5, 0.6) is 0 Å². The van der Waals surface area contributed by atoms with Crippen LogP contribution in [0.3, 0.4) is 0 Å². The van der Waals surface area contributed by atoms with Gasteiger partial charge in [0.25, 0.3) is 0 Å². The van der Waals surface area contributed by atoms with Gasteiger partial charge in [-0.2, -0.15) is 0 Å². The van der Waals surface area contributed by atoms with Crippen LogP contribution in [-0.2, 0) is 11.3 Å².